The zero-order chi connectivity index (χ0) is 9.26. The Kier molecular flexibility index (Phi) is 2.34. The highest BCUT2D eigenvalue weighted by atomic mass is 79.9. The van der Waals surface area contributed by atoms with Crippen molar-refractivity contribution >= 4 is 15.9 Å². The molecule has 0 bridgehead atoms. The van der Waals surface area contributed by atoms with Crippen LogP contribution in [-0.4, -0.2) is 6.54 Å². The topological polar surface area (TPSA) is 35.8 Å². The van der Waals surface area contributed by atoms with E-state index in [4.69, 9.17) is 5.26 Å². The number of hydrogen-bond donors (Lipinski definition) is 1. The predicted molar refractivity (Wildman–Crippen MR) is 54.2 cm³/mol. The molecule has 0 aliphatic carbocycles. The van der Waals surface area contributed by atoms with Gasteiger partial charge >= 0.3 is 0 Å². The maximum Gasteiger partial charge on any atom is 0.100 e. The second-order valence-electron chi connectivity index (χ2n) is 3.15. The fraction of sp³-hybridized carbons (Fsp3) is 0.300. The van der Waals surface area contributed by atoms with Gasteiger partial charge in [0, 0.05) is 10.5 Å². The Bertz CT molecular complexity index is 364. The van der Waals surface area contributed by atoms with Crippen molar-refractivity contribution in [2.75, 3.05) is 6.54 Å². The second kappa shape index (κ2) is 3.49. The minimum Gasteiger partial charge on any atom is -0.310 e. The molecule has 1 aliphatic rings. The molecular weight excluding hydrogens is 228 g/mol. The molecule has 3 heteroatoms. The van der Waals surface area contributed by atoms with E-state index in [9.17, 15) is 0 Å². The van der Waals surface area contributed by atoms with Crippen LogP contribution in [0.1, 0.15) is 23.6 Å². The summed E-state index contributed by atoms with van der Waals surface area (Å²) in [6.45, 7) is 1.09. The highest BCUT2D eigenvalue weighted by Crippen LogP contribution is 2.26. The quantitative estimate of drug-likeness (QED) is 0.813. The molecule has 0 spiro atoms. The molecule has 0 radical (unpaired) electrons. The first-order valence-electron chi connectivity index (χ1n) is 4.24. The number of benzene rings is 1. The van der Waals surface area contributed by atoms with Crippen molar-refractivity contribution in [3.05, 3.63) is 33.8 Å². The van der Waals surface area contributed by atoms with Gasteiger partial charge in [0.25, 0.3) is 0 Å². The lowest BCUT2D eigenvalue weighted by Crippen LogP contribution is -2.34. The van der Waals surface area contributed by atoms with Crippen molar-refractivity contribution in [1.29, 1.82) is 5.26 Å². The maximum atomic E-state index is 8.81. The summed E-state index contributed by atoms with van der Waals surface area (Å²) in [7, 11) is 0. The lowest BCUT2D eigenvalue weighted by Gasteiger charge is -2.28. The van der Waals surface area contributed by atoms with Crippen molar-refractivity contribution in [1.82, 2.24) is 5.32 Å². The minimum atomic E-state index is 0.459. The van der Waals surface area contributed by atoms with Crippen molar-refractivity contribution < 1.29 is 0 Å². The van der Waals surface area contributed by atoms with E-state index in [-0.39, 0.29) is 0 Å². The molecule has 1 aliphatic heterocycles. The molecular formula is C10H9BrN2. The first-order valence-corrected chi connectivity index (χ1v) is 5.03. The molecule has 2 rings (SSSR count). The van der Waals surface area contributed by atoms with Crippen LogP contribution in [0.25, 0.3) is 0 Å². The van der Waals surface area contributed by atoms with E-state index in [2.05, 4.69) is 33.4 Å². The van der Waals surface area contributed by atoms with E-state index in [0.29, 0.717) is 11.6 Å². The summed E-state index contributed by atoms with van der Waals surface area (Å²) < 4.78 is 0.873. The summed E-state index contributed by atoms with van der Waals surface area (Å²) in [6.07, 6.45) is 1.17. The van der Waals surface area contributed by atoms with E-state index in [1.807, 2.05) is 12.1 Å². The van der Waals surface area contributed by atoms with E-state index >= 15 is 0 Å². The number of halogens is 1. The molecule has 0 aromatic heterocycles. The molecule has 1 atom stereocenters. The third-order valence-corrected chi connectivity index (χ3v) is 3.03. The average Bonchev–Trinajstić information content (AvgIpc) is 2.05. The second-order valence-corrected chi connectivity index (χ2v) is 4.00. The van der Waals surface area contributed by atoms with E-state index in [0.717, 1.165) is 11.0 Å². The van der Waals surface area contributed by atoms with Gasteiger partial charge in [0.1, 0.15) is 6.07 Å². The van der Waals surface area contributed by atoms with Gasteiger partial charge in [-0.05, 0) is 46.6 Å². The van der Waals surface area contributed by atoms with Gasteiger partial charge in [-0.2, -0.15) is 5.26 Å². The maximum absolute atomic E-state index is 8.81. The van der Waals surface area contributed by atoms with Gasteiger partial charge in [-0.1, -0.05) is 6.07 Å². The average molecular weight is 237 g/mol. The highest BCUT2D eigenvalue weighted by Gasteiger charge is 2.18. The van der Waals surface area contributed by atoms with Gasteiger partial charge in [0.15, 0.2) is 0 Å². The highest BCUT2D eigenvalue weighted by molar-refractivity contribution is 9.10. The van der Waals surface area contributed by atoms with E-state index in [1.54, 1.807) is 0 Å². The molecule has 1 aromatic rings. The molecule has 2 nitrogen and oxygen atoms in total. The van der Waals surface area contributed by atoms with Crippen LogP contribution < -0.4 is 5.32 Å². The zero-order valence-electron chi connectivity index (χ0n) is 7.05. The van der Waals surface area contributed by atoms with Crippen molar-refractivity contribution in [3.63, 3.8) is 0 Å². The third kappa shape index (κ3) is 1.60. The molecule has 1 saturated heterocycles. The monoisotopic (exact) mass is 236 g/mol. The summed E-state index contributed by atoms with van der Waals surface area (Å²) in [6, 6.07) is 8.56. The summed E-state index contributed by atoms with van der Waals surface area (Å²) in [5.74, 6) is 0. The van der Waals surface area contributed by atoms with Crippen LogP contribution in [0.2, 0.25) is 0 Å². The standard InChI is InChI=1S/C10H9BrN2/c11-9-2-1-7(5-8(9)6-12)10-3-4-13-10/h1-2,5,10,13H,3-4H2/t10-/m0/s1. The van der Waals surface area contributed by atoms with Crippen LogP contribution >= 0.6 is 15.9 Å². The number of rotatable bonds is 1. The lowest BCUT2D eigenvalue weighted by molar-refractivity contribution is 0.383. The fourth-order valence-corrected chi connectivity index (χ4v) is 1.75. The summed E-state index contributed by atoms with van der Waals surface area (Å²) >= 11 is 3.34. The van der Waals surface area contributed by atoms with E-state index < -0.39 is 0 Å². The SMILES string of the molecule is N#Cc1cc([C@@H]2CCN2)ccc1Br. The van der Waals surface area contributed by atoms with Crippen LogP contribution in [0.5, 0.6) is 0 Å². The number of nitriles is 1. The van der Waals surface area contributed by atoms with Crippen molar-refractivity contribution in [3.8, 4) is 6.07 Å². The van der Waals surface area contributed by atoms with Gasteiger partial charge in [0.2, 0.25) is 0 Å². The molecule has 66 valence electrons. The summed E-state index contributed by atoms with van der Waals surface area (Å²) in [4.78, 5) is 0. The Morgan fingerprint density at radius 1 is 1.54 bits per heavy atom. The molecule has 1 N–H and O–H groups in total. The van der Waals surface area contributed by atoms with Gasteiger partial charge in [-0.25, -0.2) is 0 Å². The number of hydrogen-bond acceptors (Lipinski definition) is 2. The van der Waals surface area contributed by atoms with Crippen molar-refractivity contribution in [2.24, 2.45) is 0 Å². The molecule has 1 aromatic carbocycles. The Morgan fingerprint density at radius 3 is 2.85 bits per heavy atom. The summed E-state index contributed by atoms with van der Waals surface area (Å²) in [5, 5.41) is 12.1. The third-order valence-electron chi connectivity index (χ3n) is 2.34. The minimum absolute atomic E-state index is 0.459. The van der Waals surface area contributed by atoms with Crippen LogP contribution in [0.4, 0.5) is 0 Å². The molecule has 0 unspecified atom stereocenters. The normalized spacial score (nSPS) is 20.5. The fourth-order valence-electron chi connectivity index (χ4n) is 1.42. The first kappa shape index (κ1) is 8.74. The largest absolute Gasteiger partial charge is 0.310 e. The first-order chi connectivity index (χ1) is 6.31. The summed E-state index contributed by atoms with van der Waals surface area (Å²) in [5.41, 5.74) is 1.93. The molecule has 0 saturated carbocycles. The van der Waals surface area contributed by atoms with Crippen LogP contribution in [-0.2, 0) is 0 Å². The Balaban J connectivity index is 2.33. The van der Waals surface area contributed by atoms with Gasteiger partial charge in [-0.15, -0.1) is 0 Å². The lowest BCUT2D eigenvalue weighted by atomic mass is 9.97. The molecule has 13 heavy (non-hydrogen) atoms. The number of nitrogens with one attached hydrogen (secondary N) is 1. The smallest absolute Gasteiger partial charge is 0.100 e. The van der Waals surface area contributed by atoms with Gasteiger partial charge in [0.05, 0.1) is 5.56 Å². The van der Waals surface area contributed by atoms with E-state index in [1.165, 1.54) is 12.0 Å². The Hall–Kier alpha value is -0.850. The van der Waals surface area contributed by atoms with Gasteiger partial charge in [-0.3, -0.25) is 0 Å². The van der Waals surface area contributed by atoms with Crippen LogP contribution in [0, 0.1) is 11.3 Å². The molecule has 1 heterocycles. The Labute approximate surface area is 85.7 Å². The predicted octanol–water partition coefficient (Wildman–Crippen LogP) is 2.36. The Morgan fingerprint density at radius 2 is 2.31 bits per heavy atom. The molecule has 0 amide bonds. The number of nitrogens with zero attached hydrogens (tertiary/aromatic N) is 1. The molecule has 1 fully saturated rings. The van der Waals surface area contributed by atoms with Crippen LogP contribution in [0.15, 0.2) is 22.7 Å². The van der Waals surface area contributed by atoms with Gasteiger partial charge < -0.3 is 5.32 Å². The van der Waals surface area contributed by atoms with Crippen LogP contribution in [0.3, 0.4) is 0 Å². The van der Waals surface area contributed by atoms with Crippen molar-refractivity contribution in [2.45, 2.75) is 12.5 Å². The zero-order valence-corrected chi connectivity index (χ0v) is 8.63.